The maximum Gasteiger partial charge on any atom is 0.0530 e. The molecule has 1 aliphatic heterocycles. The minimum absolute atomic E-state index is 0.406. The molecular formula is C11H17N3. The summed E-state index contributed by atoms with van der Waals surface area (Å²) < 4.78 is 2.05. The lowest BCUT2D eigenvalue weighted by Crippen LogP contribution is -2.32. The third-order valence-electron chi connectivity index (χ3n) is 4.23. The highest BCUT2D eigenvalue weighted by molar-refractivity contribution is 5.37. The van der Waals surface area contributed by atoms with Crippen molar-refractivity contribution >= 4 is 0 Å². The van der Waals surface area contributed by atoms with Crippen LogP contribution >= 0.6 is 0 Å². The van der Waals surface area contributed by atoms with Crippen LogP contribution in [0.1, 0.15) is 24.6 Å². The summed E-state index contributed by atoms with van der Waals surface area (Å²) in [6, 6.07) is 0. The van der Waals surface area contributed by atoms with Gasteiger partial charge in [-0.1, -0.05) is 6.92 Å². The SMILES string of the molecule is CC1Cc2c(cnn2C)C12CCNC2. The molecule has 2 atom stereocenters. The van der Waals surface area contributed by atoms with E-state index in [0.29, 0.717) is 5.41 Å². The van der Waals surface area contributed by atoms with Crippen molar-refractivity contribution in [2.24, 2.45) is 13.0 Å². The van der Waals surface area contributed by atoms with Crippen molar-refractivity contribution in [1.82, 2.24) is 15.1 Å². The van der Waals surface area contributed by atoms with Crippen molar-refractivity contribution in [3.05, 3.63) is 17.5 Å². The zero-order chi connectivity index (χ0) is 9.76. The lowest BCUT2D eigenvalue weighted by Gasteiger charge is -2.27. The number of rotatable bonds is 0. The summed E-state index contributed by atoms with van der Waals surface area (Å²) in [5, 5.41) is 7.88. The third kappa shape index (κ3) is 0.836. The van der Waals surface area contributed by atoms with Gasteiger partial charge in [0.05, 0.1) is 6.20 Å². The van der Waals surface area contributed by atoms with Gasteiger partial charge >= 0.3 is 0 Å². The molecule has 14 heavy (non-hydrogen) atoms. The van der Waals surface area contributed by atoms with E-state index in [1.165, 1.54) is 30.6 Å². The van der Waals surface area contributed by atoms with E-state index >= 15 is 0 Å². The van der Waals surface area contributed by atoms with Crippen LogP contribution in [0.4, 0.5) is 0 Å². The molecule has 1 N–H and O–H groups in total. The predicted molar refractivity (Wildman–Crippen MR) is 55.2 cm³/mol. The van der Waals surface area contributed by atoms with Crippen LogP contribution in [-0.4, -0.2) is 22.9 Å². The fraction of sp³-hybridized carbons (Fsp3) is 0.727. The molecule has 3 nitrogen and oxygen atoms in total. The Hall–Kier alpha value is -0.830. The van der Waals surface area contributed by atoms with E-state index in [1.54, 1.807) is 0 Å². The molecule has 3 rings (SSSR count). The van der Waals surface area contributed by atoms with Crippen molar-refractivity contribution in [3.63, 3.8) is 0 Å². The molecule has 0 saturated carbocycles. The van der Waals surface area contributed by atoms with Gasteiger partial charge in [0.2, 0.25) is 0 Å². The molecule has 0 aromatic carbocycles. The maximum absolute atomic E-state index is 4.38. The molecule has 1 saturated heterocycles. The summed E-state index contributed by atoms with van der Waals surface area (Å²) in [7, 11) is 2.06. The normalized spacial score (nSPS) is 35.4. The summed E-state index contributed by atoms with van der Waals surface area (Å²) in [6.07, 6.45) is 4.58. The summed E-state index contributed by atoms with van der Waals surface area (Å²) in [5.41, 5.74) is 3.38. The van der Waals surface area contributed by atoms with Crippen LogP contribution in [-0.2, 0) is 18.9 Å². The van der Waals surface area contributed by atoms with Gasteiger partial charge in [-0.15, -0.1) is 0 Å². The maximum atomic E-state index is 4.38. The highest BCUT2D eigenvalue weighted by atomic mass is 15.3. The van der Waals surface area contributed by atoms with E-state index in [9.17, 15) is 0 Å². The third-order valence-corrected chi connectivity index (χ3v) is 4.23. The van der Waals surface area contributed by atoms with Gasteiger partial charge < -0.3 is 5.32 Å². The first-order valence-corrected chi connectivity index (χ1v) is 5.46. The molecule has 2 aliphatic rings. The first kappa shape index (κ1) is 8.48. The van der Waals surface area contributed by atoms with Crippen LogP contribution < -0.4 is 5.32 Å². The van der Waals surface area contributed by atoms with Crippen LogP contribution in [0.5, 0.6) is 0 Å². The number of nitrogens with zero attached hydrogens (tertiary/aromatic N) is 2. The predicted octanol–water partition coefficient (Wildman–Crippen LogP) is 0.843. The van der Waals surface area contributed by atoms with Crippen LogP contribution in [0.2, 0.25) is 0 Å². The Bertz CT molecular complexity index is 361. The van der Waals surface area contributed by atoms with Gasteiger partial charge in [0.25, 0.3) is 0 Å². The van der Waals surface area contributed by atoms with E-state index in [1.807, 2.05) is 0 Å². The van der Waals surface area contributed by atoms with Gasteiger partial charge in [-0.3, -0.25) is 4.68 Å². The van der Waals surface area contributed by atoms with Gasteiger partial charge in [0.15, 0.2) is 0 Å². The van der Waals surface area contributed by atoms with Crippen LogP contribution in [0.15, 0.2) is 6.20 Å². The second-order valence-electron chi connectivity index (χ2n) is 4.82. The van der Waals surface area contributed by atoms with E-state index in [0.717, 1.165) is 12.5 Å². The van der Waals surface area contributed by atoms with Crippen molar-refractivity contribution in [1.29, 1.82) is 0 Å². The molecule has 3 heteroatoms. The average Bonchev–Trinajstić information content (AvgIpc) is 2.80. The molecule has 1 fully saturated rings. The zero-order valence-corrected chi connectivity index (χ0v) is 8.88. The topological polar surface area (TPSA) is 29.9 Å². The van der Waals surface area contributed by atoms with Crippen molar-refractivity contribution in [2.75, 3.05) is 13.1 Å². The van der Waals surface area contributed by atoms with Gasteiger partial charge in [-0.25, -0.2) is 0 Å². The smallest absolute Gasteiger partial charge is 0.0530 e. The van der Waals surface area contributed by atoms with Gasteiger partial charge in [-0.2, -0.15) is 5.10 Å². The molecule has 0 amide bonds. The molecule has 2 heterocycles. The molecule has 1 aromatic rings. The first-order chi connectivity index (χ1) is 6.74. The molecule has 0 radical (unpaired) electrons. The van der Waals surface area contributed by atoms with Crippen LogP contribution in [0.25, 0.3) is 0 Å². The number of aryl methyl sites for hydroxylation is 1. The molecule has 2 unspecified atom stereocenters. The second-order valence-corrected chi connectivity index (χ2v) is 4.82. The minimum Gasteiger partial charge on any atom is -0.316 e. The first-order valence-electron chi connectivity index (χ1n) is 5.46. The molecular weight excluding hydrogens is 174 g/mol. The molecule has 76 valence electrons. The Balaban J connectivity index is 2.13. The standard InChI is InChI=1S/C11H17N3/c1-8-5-10-9(6-13-14(10)2)11(8)3-4-12-7-11/h6,8,12H,3-5,7H2,1-2H3. The van der Waals surface area contributed by atoms with Crippen LogP contribution in [0.3, 0.4) is 0 Å². The van der Waals surface area contributed by atoms with E-state index in [4.69, 9.17) is 0 Å². The molecule has 1 aromatic heterocycles. The molecule has 1 aliphatic carbocycles. The highest BCUT2D eigenvalue weighted by Crippen LogP contribution is 2.46. The highest BCUT2D eigenvalue weighted by Gasteiger charge is 2.47. The Morgan fingerprint density at radius 2 is 2.50 bits per heavy atom. The van der Waals surface area contributed by atoms with Crippen LogP contribution in [0, 0.1) is 5.92 Å². The molecule has 0 bridgehead atoms. The summed E-state index contributed by atoms with van der Waals surface area (Å²) >= 11 is 0. The number of hydrogen-bond donors (Lipinski definition) is 1. The lowest BCUT2D eigenvalue weighted by molar-refractivity contribution is 0.341. The van der Waals surface area contributed by atoms with E-state index < -0.39 is 0 Å². The number of fused-ring (bicyclic) bond motifs is 2. The summed E-state index contributed by atoms with van der Waals surface area (Å²) in [6.45, 7) is 4.69. The largest absolute Gasteiger partial charge is 0.316 e. The Labute approximate surface area is 84.5 Å². The monoisotopic (exact) mass is 191 g/mol. The lowest BCUT2D eigenvalue weighted by atomic mass is 9.75. The Morgan fingerprint density at radius 1 is 1.64 bits per heavy atom. The van der Waals surface area contributed by atoms with Crippen molar-refractivity contribution < 1.29 is 0 Å². The number of hydrogen-bond acceptors (Lipinski definition) is 2. The minimum atomic E-state index is 0.406. The van der Waals surface area contributed by atoms with E-state index in [-0.39, 0.29) is 0 Å². The van der Waals surface area contributed by atoms with Crippen molar-refractivity contribution in [2.45, 2.75) is 25.2 Å². The van der Waals surface area contributed by atoms with Crippen molar-refractivity contribution in [3.8, 4) is 0 Å². The molecule has 1 spiro atoms. The van der Waals surface area contributed by atoms with Gasteiger partial charge in [0, 0.05) is 30.3 Å². The average molecular weight is 191 g/mol. The zero-order valence-electron chi connectivity index (χ0n) is 8.88. The summed E-state index contributed by atoms with van der Waals surface area (Å²) in [5.74, 6) is 0.775. The number of nitrogens with one attached hydrogen (secondary N) is 1. The Kier molecular flexibility index (Phi) is 1.57. The fourth-order valence-corrected chi connectivity index (χ4v) is 3.23. The number of aromatic nitrogens is 2. The van der Waals surface area contributed by atoms with Gasteiger partial charge in [-0.05, 0) is 25.3 Å². The quantitative estimate of drug-likeness (QED) is 0.658. The Morgan fingerprint density at radius 3 is 3.21 bits per heavy atom. The van der Waals surface area contributed by atoms with Gasteiger partial charge in [0.1, 0.15) is 0 Å². The van der Waals surface area contributed by atoms with E-state index in [2.05, 4.69) is 35.3 Å². The second kappa shape index (κ2) is 2.60. The fourth-order valence-electron chi connectivity index (χ4n) is 3.23. The summed E-state index contributed by atoms with van der Waals surface area (Å²) in [4.78, 5) is 0.